The van der Waals surface area contributed by atoms with Crippen molar-refractivity contribution in [1.29, 1.82) is 0 Å². The Morgan fingerprint density at radius 2 is 2.40 bits per heavy atom. The molecule has 0 aliphatic carbocycles. The number of nitrogens with zero attached hydrogens (tertiary/aromatic N) is 4. The number of carboxylic acids is 1. The van der Waals surface area contributed by atoms with E-state index >= 15 is 0 Å². The Kier molecular flexibility index (Phi) is 2.24. The lowest BCUT2D eigenvalue weighted by Gasteiger charge is -2.04. The first-order valence-electron chi connectivity index (χ1n) is 4.38. The Balaban J connectivity index is 2.35. The molecule has 0 fully saturated rings. The molecule has 0 amide bonds. The summed E-state index contributed by atoms with van der Waals surface area (Å²) in [5.41, 5.74) is 0.881. The van der Waals surface area contributed by atoms with Crippen molar-refractivity contribution in [3.05, 3.63) is 36.2 Å². The van der Waals surface area contributed by atoms with Crippen LogP contribution in [0.2, 0.25) is 0 Å². The monoisotopic (exact) mass is 206 g/mol. The van der Waals surface area contributed by atoms with Crippen molar-refractivity contribution in [1.82, 2.24) is 19.3 Å². The molecule has 0 radical (unpaired) electrons. The molecule has 6 heteroatoms. The van der Waals surface area contributed by atoms with Crippen LogP contribution in [0, 0.1) is 0 Å². The first-order valence-corrected chi connectivity index (χ1v) is 4.38. The maximum Gasteiger partial charge on any atom is 0.339 e. The summed E-state index contributed by atoms with van der Waals surface area (Å²) in [7, 11) is 1.72. The number of rotatable bonds is 3. The fourth-order valence-electron chi connectivity index (χ4n) is 1.38. The van der Waals surface area contributed by atoms with Crippen LogP contribution < -0.4 is 0 Å². The van der Waals surface area contributed by atoms with Crippen LogP contribution in [0.5, 0.6) is 0 Å². The van der Waals surface area contributed by atoms with E-state index in [1.165, 1.54) is 6.20 Å². The van der Waals surface area contributed by atoms with Gasteiger partial charge in [-0.25, -0.2) is 9.78 Å². The highest BCUT2D eigenvalue weighted by atomic mass is 16.4. The molecule has 0 aromatic carbocycles. The minimum atomic E-state index is -0.960. The topological polar surface area (TPSA) is 72.9 Å². The van der Waals surface area contributed by atoms with Crippen molar-refractivity contribution in [2.45, 2.75) is 6.54 Å². The lowest BCUT2D eigenvalue weighted by molar-refractivity contribution is 0.0695. The van der Waals surface area contributed by atoms with Crippen LogP contribution in [0.3, 0.4) is 0 Å². The van der Waals surface area contributed by atoms with Gasteiger partial charge in [0, 0.05) is 19.4 Å². The average Bonchev–Trinajstić information content (AvgIpc) is 2.78. The zero-order valence-electron chi connectivity index (χ0n) is 8.16. The summed E-state index contributed by atoms with van der Waals surface area (Å²) in [6.07, 6.45) is 6.42. The fraction of sp³-hybridized carbons (Fsp3) is 0.222. The summed E-state index contributed by atoms with van der Waals surface area (Å²) in [5, 5.41) is 12.8. The second kappa shape index (κ2) is 3.56. The molecule has 15 heavy (non-hydrogen) atoms. The van der Waals surface area contributed by atoms with Gasteiger partial charge in [-0.2, -0.15) is 5.10 Å². The van der Waals surface area contributed by atoms with Crippen molar-refractivity contribution in [2.24, 2.45) is 7.05 Å². The smallest absolute Gasteiger partial charge is 0.339 e. The van der Waals surface area contributed by atoms with Gasteiger partial charge in [-0.05, 0) is 0 Å². The van der Waals surface area contributed by atoms with Gasteiger partial charge >= 0.3 is 5.97 Å². The molecule has 78 valence electrons. The molecule has 1 N–H and O–H groups in total. The minimum absolute atomic E-state index is 0.228. The van der Waals surface area contributed by atoms with Crippen molar-refractivity contribution in [3.8, 4) is 0 Å². The minimum Gasteiger partial charge on any atom is -0.478 e. The molecular formula is C9H10N4O2. The van der Waals surface area contributed by atoms with Gasteiger partial charge < -0.3 is 9.67 Å². The number of hydrogen-bond donors (Lipinski definition) is 1. The van der Waals surface area contributed by atoms with Crippen LogP contribution in [-0.2, 0) is 13.6 Å². The molecule has 0 unspecified atom stereocenters. The van der Waals surface area contributed by atoms with Crippen molar-refractivity contribution in [2.75, 3.05) is 0 Å². The Hall–Kier alpha value is -2.11. The lowest BCUT2D eigenvalue weighted by Crippen LogP contribution is -2.08. The summed E-state index contributed by atoms with van der Waals surface area (Å²) in [4.78, 5) is 14.8. The molecular weight excluding hydrogens is 196 g/mol. The zero-order valence-corrected chi connectivity index (χ0v) is 8.16. The van der Waals surface area contributed by atoms with Gasteiger partial charge in [0.2, 0.25) is 0 Å². The Labute approximate surface area is 85.8 Å². The maximum atomic E-state index is 10.9. The summed E-state index contributed by atoms with van der Waals surface area (Å²) in [6, 6.07) is 0. The third kappa shape index (κ3) is 1.74. The predicted molar refractivity (Wildman–Crippen MR) is 51.5 cm³/mol. The van der Waals surface area contributed by atoms with E-state index in [0.717, 1.165) is 0 Å². The van der Waals surface area contributed by atoms with Gasteiger partial charge in [0.1, 0.15) is 5.56 Å². The highest BCUT2D eigenvalue weighted by Crippen LogP contribution is 2.09. The second-order valence-corrected chi connectivity index (χ2v) is 3.17. The van der Waals surface area contributed by atoms with E-state index in [-0.39, 0.29) is 5.56 Å². The van der Waals surface area contributed by atoms with Gasteiger partial charge in [-0.15, -0.1) is 0 Å². The molecule has 2 heterocycles. The largest absolute Gasteiger partial charge is 0.478 e. The molecule has 0 spiro atoms. The standard InChI is InChI=1S/C9H10N4O2/c1-12-8(5-13-3-2-10-6-13)7(4-11-12)9(14)15/h2-4,6H,5H2,1H3,(H,14,15). The van der Waals surface area contributed by atoms with Crippen molar-refractivity contribution < 1.29 is 9.90 Å². The molecule has 0 atom stereocenters. The highest BCUT2D eigenvalue weighted by molar-refractivity contribution is 5.88. The van der Waals surface area contributed by atoms with Crippen LogP contribution in [0.25, 0.3) is 0 Å². The Bertz CT molecular complexity index is 472. The normalized spacial score (nSPS) is 10.5. The quantitative estimate of drug-likeness (QED) is 0.787. The summed E-state index contributed by atoms with van der Waals surface area (Å²) in [6.45, 7) is 0.456. The maximum absolute atomic E-state index is 10.9. The van der Waals surface area contributed by atoms with E-state index in [9.17, 15) is 4.79 Å². The third-order valence-electron chi connectivity index (χ3n) is 2.18. The molecule has 0 aliphatic heterocycles. The molecule has 0 saturated heterocycles. The van der Waals surface area contributed by atoms with E-state index in [2.05, 4.69) is 10.1 Å². The predicted octanol–water partition coefficient (Wildman–Crippen LogP) is 0.363. The van der Waals surface area contributed by atoms with Gasteiger partial charge in [-0.3, -0.25) is 4.68 Å². The number of hydrogen-bond acceptors (Lipinski definition) is 3. The molecule has 0 saturated carbocycles. The van der Waals surface area contributed by atoms with E-state index in [1.54, 1.807) is 35.0 Å². The van der Waals surface area contributed by atoms with Gasteiger partial charge in [-0.1, -0.05) is 0 Å². The van der Waals surface area contributed by atoms with E-state index in [0.29, 0.717) is 12.2 Å². The first-order chi connectivity index (χ1) is 7.18. The van der Waals surface area contributed by atoms with Gasteiger partial charge in [0.15, 0.2) is 0 Å². The number of aryl methyl sites for hydroxylation is 1. The van der Waals surface area contributed by atoms with E-state index < -0.39 is 5.97 Å². The highest BCUT2D eigenvalue weighted by Gasteiger charge is 2.14. The molecule has 0 aliphatic rings. The summed E-state index contributed by atoms with van der Waals surface area (Å²) >= 11 is 0. The second-order valence-electron chi connectivity index (χ2n) is 3.17. The van der Waals surface area contributed by atoms with Crippen molar-refractivity contribution in [3.63, 3.8) is 0 Å². The van der Waals surface area contributed by atoms with Crippen LogP contribution in [0.1, 0.15) is 16.1 Å². The molecule has 2 rings (SSSR count). The molecule has 6 nitrogen and oxygen atoms in total. The summed E-state index contributed by atoms with van der Waals surface area (Å²) < 4.78 is 3.35. The third-order valence-corrected chi connectivity index (χ3v) is 2.18. The Morgan fingerprint density at radius 3 is 3.00 bits per heavy atom. The lowest BCUT2D eigenvalue weighted by atomic mass is 10.2. The van der Waals surface area contributed by atoms with Crippen molar-refractivity contribution >= 4 is 5.97 Å². The van der Waals surface area contributed by atoms with Crippen LogP contribution in [0.15, 0.2) is 24.9 Å². The molecule has 2 aromatic rings. The first kappa shape index (κ1) is 9.45. The Morgan fingerprint density at radius 1 is 1.60 bits per heavy atom. The zero-order chi connectivity index (χ0) is 10.8. The van der Waals surface area contributed by atoms with Crippen LogP contribution in [-0.4, -0.2) is 30.4 Å². The number of carboxylic acid groups (broad SMARTS) is 1. The SMILES string of the molecule is Cn1ncc(C(=O)O)c1Cn1ccnc1. The molecule has 0 bridgehead atoms. The number of aromatic nitrogens is 4. The number of imidazole rings is 1. The van der Waals surface area contributed by atoms with Crippen LogP contribution >= 0.6 is 0 Å². The molecule has 2 aromatic heterocycles. The number of carbonyl (C=O) groups is 1. The number of aromatic carboxylic acids is 1. The van der Waals surface area contributed by atoms with Gasteiger partial charge in [0.25, 0.3) is 0 Å². The van der Waals surface area contributed by atoms with E-state index in [4.69, 9.17) is 5.11 Å². The van der Waals surface area contributed by atoms with Crippen LogP contribution in [0.4, 0.5) is 0 Å². The average molecular weight is 206 g/mol. The fourth-order valence-corrected chi connectivity index (χ4v) is 1.38. The van der Waals surface area contributed by atoms with Gasteiger partial charge in [0.05, 0.1) is 24.8 Å². The summed E-state index contributed by atoms with van der Waals surface area (Å²) in [5.74, 6) is -0.960. The van der Waals surface area contributed by atoms with E-state index in [1.807, 2.05) is 0 Å².